The van der Waals surface area contributed by atoms with E-state index in [0.29, 0.717) is 0 Å². The van der Waals surface area contributed by atoms with Crippen LogP contribution in [0, 0.1) is 5.82 Å². The van der Waals surface area contributed by atoms with Gasteiger partial charge in [0, 0.05) is 41.5 Å². The first-order valence-corrected chi connectivity index (χ1v) is 10.9. The third-order valence-corrected chi connectivity index (χ3v) is 5.00. The molecule has 1 aromatic heterocycles. The molecule has 2 aromatic carbocycles. The Bertz CT molecular complexity index is 1150. The number of para-hydroxylation sites is 1. The lowest BCUT2D eigenvalue weighted by Gasteiger charge is -2.15. The minimum Gasteiger partial charge on any atom is -0.481 e. The number of rotatable bonds is 8. The van der Waals surface area contributed by atoms with Crippen LogP contribution in [0.2, 0.25) is 0 Å². The number of aliphatic carboxylic acids is 2. The Hall–Kier alpha value is -3.49. The normalized spacial score (nSPS) is 13.0. The highest BCUT2D eigenvalue weighted by molar-refractivity contribution is 6.01. The number of aromatic nitrogens is 1. The minimum absolute atomic E-state index is 0.0728. The first-order chi connectivity index (χ1) is 16.0. The van der Waals surface area contributed by atoms with Crippen LogP contribution in [0.1, 0.15) is 45.3 Å². The summed E-state index contributed by atoms with van der Waals surface area (Å²) in [7, 11) is 0. The fraction of sp³-hybridized carbons (Fsp3) is 0.308. The maximum absolute atomic E-state index is 13.5. The fourth-order valence-corrected chi connectivity index (χ4v) is 3.77. The van der Waals surface area contributed by atoms with Crippen molar-refractivity contribution >= 4 is 28.9 Å². The number of nitrogens with zero attached hydrogens (tertiary/aromatic N) is 1. The molecule has 0 aliphatic rings. The van der Waals surface area contributed by atoms with Gasteiger partial charge in [0.15, 0.2) is 0 Å². The van der Waals surface area contributed by atoms with Crippen molar-refractivity contribution in [3.63, 3.8) is 0 Å². The van der Waals surface area contributed by atoms with Crippen molar-refractivity contribution in [1.82, 2.24) is 4.57 Å². The van der Waals surface area contributed by atoms with Gasteiger partial charge >= 0.3 is 5.97 Å². The Morgan fingerprint density at radius 1 is 1.03 bits per heavy atom. The van der Waals surface area contributed by atoms with E-state index >= 15 is 0 Å². The number of carbonyl (C=O) groups is 2. The molecule has 3 rings (SSSR count). The second-order valence-electron chi connectivity index (χ2n) is 8.18. The Balaban J connectivity index is 0.000000945. The quantitative estimate of drug-likeness (QED) is 0.377. The molecule has 0 unspecified atom stereocenters. The van der Waals surface area contributed by atoms with Gasteiger partial charge in [0.05, 0.1) is 18.6 Å². The number of halogens is 1. The second-order valence-corrected chi connectivity index (χ2v) is 8.18. The molecule has 182 valence electrons. The summed E-state index contributed by atoms with van der Waals surface area (Å²) in [6, 6.07) is 14.4. The van der Waals surface area contributed by atoms with Gasteiger partial charge in [0.25, 0.3) is 5.97 Å². The summed E-state index contributed by atoms with van der Waals surface area (Å²) in [5, 5.41) is 37.3. The van der Waals surface area contributed by atoms with Crippen LogP contribution in [0.5, 0.6) is 0 Å². The van der Waals surface area contributed by atoms with Crippen LogP contribution < -0.4 is 0 Å². The van der Waals surface area contributed by atoms with Crippen LogP contribution in [0.3, 0.4) is 0 Å². The van der Waals surface area contributed by atoms with Crippen LogP contribution in [-0.4, -0.2) is 49.1 Å². The van der Waals surface area contributed by atoms with Crippen molar-refractivity contribution in [1.29, 1.82) is 0 Å². The van der Waals surface area contributed by atoms with Crippen molar-refractivity contribution < 1.29 is 34.4 Å². The predicted octanol–water partition coefficient (Wildman–Crippen LogP) is 4.72. The largest absolute Gasteiger partial charge is 0.481 e. The van der Waals surface area contributed by atoms with Crippen LogP contribution >= 0.6 is 0 Å². The highest BCUT2D eigenvalue weighted by Gasteiger charge is 2.19. The predicted molar refractivity (Wildman–Crippen MR) is 129 cm³/mol. The first-order valence-electron chi connectivity index (χ1n) is 10.9. The molecule has 2 atom stereocenters. The summed E-state index contributed by atoms with van der Waals surface area (Å²) in [5.74, 6) is -2.26. The third-order valence-electron chi connectivity index (χ3n) is 5.00. The van der Waals surface area contributed by atoms with E-state index in [9.17, 15) is 19.4 Å². The summed E-state index contributed by atoms with van der Waals surface area (Å²) in [6.45, 7) is 5.20. The smallest absolute Gasteiger partial charge is 0.305 e. The number of carboxylic acids is 2. The molecule has 34 heavy (non-hydrogen) atoms. The van der Waals surface area contributed by atoms with E-state index in [-0.39, 0.29) is 18.3 Å². The van der Waals surface area contributed by atoms with Crippen LogP contribution in [0.15, 0.2) is 54.6 Å². The molecule has 7 nitrogen and oxygen atoms in total. The van der Waals surface area contributed by atoms with Gasteiger partial charge in [-0.3, -0.25) is 9.59 Å². The topological polar surface area (TPSA) is 120 Å². The zero-order valence-electron chi connectivity index (χ0n) is 19.4. The van der Waals surface area contributed by atoms with Gasteiger partial charge in [0.1, 0.15) is 5.82 Å². The molecule has 3 aromatic rings. The monoisotopic (exact) mass is 471 g/mol. The number of carboxylic acid groups (broad SMARTS) is 2. The van der Waals surface area contributed by atoms with E-state index in [0.717, 1.165) is 34.6 Å². The second kappa shape index (κ2) is 12.1. The molecule has 8 heteroatoms. The van der Waals surface area contributed by atoms with E-state index in [1.54, 1.807) is 24.3 Å². The van der Waals surface area contributed by atoms with Gasteiger partial charge in [-0.15, -0.1) is 0 Å². The molecule has 0 fully saturated rings. The molecule has 4 N–H and O–H groups in total. The molecule has 1 heterocycles. The van der Waals surface area contributed by atoms with Gasteiger partial charge in [-0.2, -0.15) is 0 Å². The van der Waals surface area contributed by atoms with E-state index in [2.05, 4.69) is 18.4 Å². The standard InChI is InChI=1S/C24H26FNO4.C2H4O2/c1-15(2)26-21-6-4-3-5-20(21)24(16-7-9-17(25)10-8-16)22(26)12-11-18(27)13-19(28)14-23(29)30;1-2(3)4/h3-12,15,18-19,27-28H,13-14H2,1-2H3,(H,29,30);1H3,(H,3,4)/b12-11+;/t18-,19-;/m1./s1. The van der Waals surface area contributed by atoms with Gasteiger partial charge in [-0.1, -0.05) is 36.4 Å². The molecular formula is C26H30FNO6. The molecule has 0 saturated heterocycles. The summed E-state index contributed by atoms with van der Waals surface area (Å²) < 4.78 is 15.6. The van der Waals surface area contributed by atoms with Crippen molar-refractivity contribution in [2.45, 2.75) is 51.9 Å². The maximum atomic E-state index is 13.5. The summed E-state index contributed by atoms with van der Waals surface area (Å²) in [4.78, 5) is 19.7. The number of aliphatic hydroxyl groups excluding tert-OH is 2. The zero-order chi connectivity index (χ0) is 25.4. The number of fused-ring (bicyclic) bond motifs is 1. The molecule has 0 saturated carbocycles. The van der Waals surface area contributed by atoms with Gasteiger partial charge in [-0.05, 0) is 43.7 Å². The summed E-state index contributed by atoms with van der Waals surface area (Å²) >= 11 is 0. The van der Waals surface area contributed by atoms with Crippen LogP contribution in [0.25, 0.3) is 28.1 Å². The molecule has 0 aliphatic heterocycles. The number of hydrogen-bond donors (Lipinski definition) is 4. The zero-order valence-corrected chi connectivity index (χ0v) is 19.4. The molecule has 0 aliphatic carbocycles. The van der Waals surface area contributed by atoms with E-state index in [1.807, 2.05) is 24.3 Å². The van der Waals surface area contributed by atoms with Gasteiger partial charge in [-0.25, -0.2) is 4.39 Å². The summed E-state index contributed by atoms with van der Waals surface area (Å²) in [6.07, 6.45) is 0.727. The van der Waals surface area contributed by atoms with Crippen molar-refractivity contribution in [3.8, 4) is 11.1 Å². The van der Waals surface area contributed by atoms with Gasteiger partial charge in [0.2, 0.25) is 0 Å². The first kappa shape index (κ1) is 26.8. The molecule has 0 spiro atoms. The van der Waals surface area contributed by atoms with Crippen molar-refractivity contribution in [2.24, 2.45) is 0 Å². The highest BCUT2D eigenvalue weighted by Crippen LogP contribution is 2.38. The Kier molecular flexibility index (Phi) is 9.53. The fourth-order valence-electron chi connectivity index (χ4n) is 3.77. The summed E-state index contributed by atoms with van der Waals surface area (Å²) in [5.41, 5.74) is 3.65. The Labute approximate surface area is 197 Å². The van der Waals surface area contributed by atoms with Gasteiger partial charge < -0.3 is 25.0 Å². The SMILES string of the molecule is CC(=O)O.CC(C)n1c(/C=C/[C@@H](O)C[C@@H](O)CC(=O)O)c(-c2ccc(F)cc2)c2ccccc21. The third kappa shape index (κ3) is 7.26. The van der Waals surface area contributed by atoms with Crippen molar-refractivity contribution in [2.75, 3.05) is 0 Å². The lowest BCUT2D eigenvalue weighted by Crippen LogP contribution is -2.19. The minimum atomic E-state index is -1.13. The average Bonchev–Trinajstić information content (AvgIpc) is 3.06. The molecule has 0 radical (unpaired) electrons. The molecular weight excluding hydrogens is 441 g/mol. The van der Waals surface area contributed by atoms with Crippen LogP contribution in [0.4, 0.5) is 4.39 Å². The van der Waals surface area contributed by atoms with E-state index in [1.165, 1.54) is 12.1 Å². The average molecular weight is 472 g/mol. The van der Waals surface area contributed by atoms with E-state index < -0.39 is 30.6 Å². The highest BCUT2D eigenvalue weighted by atomic mass is 19.1. The van der Waals surface area contributed by atoms with Crippen molar-refractivity contribution in [3.05, 3.63) is 66.1 Å². The number of aliphatic hydroxyl groups is 2. The Morgan fingerprint density at radius 2 is 1.62 bits per heavy atom. The maximum Gasteiger partial charge on any atom is 0.305 e. The number of hydrogen-bond acceptors (Lipinski definition) is 4. The molecule has 0 bridgehead atoms. The lowest BCUT2D eigenvalue weighted by molar-refractivity contribution is -0.139. The van der Waals surface area contributed by atoms with E-state index in [4.69, 9.17) is 15.0 Å². The van der Waals surface area contributed by atoms with Crippen LogP contribution in [-0.2, 0) is 9.59 Å². The lowest BCUT2D eigenvalue weighted by atomic mass is 10.0. The number of benzene rings is 2. The Morgan fingerprint density at radius 3 is 2.18 bits per heavy atom. The molecule has 0 amide bonds.